The smallest absolute Gasteiger partial charge is 0.318 e. The molecule has 2 fully saturated rings. The lowest BCUT2D eigenvalue weighted by atomic mass is 10.0. The quantitative estimate of drug-likeness (QED) is 0.891. The Labute approximate surface area is 140 Å². The molecule has 4 nitrogen and oxygen atoms in total. The van der Waals surface area contributed by atoms with Crippen LogP contribution in [0.2, 0.25) is 0 Å². The minimum Gasteiger partial charge on any atom is -0.391 e. The van der Waals surface area contributed by atoms with Crippen molar-refractivity contribution < 1.29 is 14.3 Å². The van der Waals surface area contributed by atoms with Crippen LogP contribution in [-0.4, -0.2) is 45.7 Å². The Kier molecular flexibility index (Phi) is 4.82. The number of carbonyl (C=O) groups excluding carboxylic acids is 1. The normalized spacial score (nSPS) is 30.7. The van der Waals surface area contributed by atoms with Crippen LogP contribution in [0.1, 0.15) is 37.8 Å². The number of nitrogens with zero attached hydrogens (tertiary/aromatic N) is 1. The van der Waals surface area contributed by atoms with E-state index in [1.807, 2.05) is 11.8 Å². The van der Waals surface area contributed by atoms with E-state index in [4.69, 9.17) is 0 Å². The maximum atomic E-state index is 13.5. The average molecular weight is 338 g/mol. The first kappa shape index (κ1) is 16.6. The monoisotopic (exact) mass is 338 g/mol. The van der Waals surface area contributed by atoms with E-state index in [1.165, 1.54) is 18.6 Å². The molecule has 0 bridgehead atoms. The van der Waals surface area contributed by atoms with E-state index in [9.17, 15) is 14.3 Å². The predicted octanol–water partition coefficient (Wildman–Crippen LogP) is 2.93. The van der Waals surface area contributed by atoms with Crippen molar-refractivity contribution in [2.24, 2.45) is 0 Å². The number of amides is 2. The molecule has 2 aliphatic heterocycles. The summed E-state index contributed by atoms with van der Waals surface area (Å²) >= 11 is 1.90. The Morgan fingerprint density at radius 2 is 2.39 bits per heavy atom. The first-order chi connectivity index (χ1) is 11.0. The zero-order valence-corrected chi connectivity index (χ0v) is 14.1. The number of hydrogen-bond donors (Lipinski definition) is 2. The number of aliphatic hydroxyl groups is 1. The molecule has 0 spiro atoms. The topological polar surface area (TPSA) is 52.6 Å². The van der Waals surface area contributed by atoms with E-state index in [0.717, 1.165) is 17.7 Å². The number of halogens is 1. The summed E-state index contributed by atoms with van der Waals surface area (Å²) < 4.78 is 13.6. The summed E-state index contributed by atoms with van der Waals surface area (Å²) in [5.74, 6) is 0.819. The molecule has 3 rings (SSSR count). The molecule has 0 aromatic heterocycles. The van der Waals surface area contributed by atoms with Gasteiger partial charge in [0.25, 0.3) is 0 Å². The van der Waals surface area contributed by atoms with Crippen LogP contribution in [0, 0.1) is 5.82 Å². The molecule has 2 heterocycles. The van der Waals surface area contributed by atoms with E-state index < -0.39 is 6.10 Å². The van der Waals surface area contributed by atoms with Gasteiger partial charge >= 0.3 is 6.03 Å². The summed E-state index contributed by atoms with van der Waals surface area (Å²) in [5, 5.41) is 13.0. The molecule has 23 heavy (non-hydrogen) atoms. The molecule has 126 valence electrons. The third-order valence-corrected chi connectivity index (χ3v) is 6.23. The van der Waals surface area contributed by atoms with Crippen molar-refractivity contribution >= 4 is 17.8 Å². The van der Waals surface area contributed by atoms with Crippen molar-refractivity contribution in [3.8, 4) is 0 Å². The maximum absolute atomic E-state index is 13.5. The Bertz CT molecular complexity index is 577. The van der Waals surface area contributed by atoms with Crippen molar-refractivity contribution in [2.45, 2.75) is 43.1 Å². The van der Waals surface area contributed by atoms with E-state index in [-0.39, 0.29) is 29.2 Å². The maximum Gasteiger partial charge on any atom is 0.318 e. The molecular formula is C17H23FN2O2S. The molecule has 0 aliphatic carbocycles. The molecule has 1 aromatic carbocycles. The molecule has 3 atom stereocenters. The lowest BCUT2D eigenvalue weighted by Gasteiger charge is -2.28. The first-order valence-corrected chi connectivity index (χ1v) is 9.07. The second kappa shape index (κ2) is 6.69. The van der Waals surface area contributed by atoms with Gasteiger partial charge in [-0.1, -0.05) is 12.1 Å². The summed E-state index contributed by atoms with van der Waals surface area (Å²) in [6.45, 7) is 3.09. The van der Waals surface area contributed by atoms with Gasteiger partial charge in [-0.25, -0.2) is 9.18 Å². The summed E-state index contributed by atoms with van der Waals surface area (Å²) in [7, 11) is 0. The van der Waals surface area contributed by atoms with Gasteiger partial charge in [0, 0.05) is 17.8 Å². The molecule has 0 unspecified atom stereocenters. The SMILES string of the molecule is C[C@]1(CNC(=O)N2C[C@H](O)C[C@@H]2c2cccc(F)c2)CCCS1. The highest BCUT2D eigenvalue weighted by Gasteiger charge is 2.37. The van der Waals surface area contributed by atoms with Gasteiger partial charge in [-0.2, -0.15) is 11.8 Å². The second-order valence-electron chi connectivity index (χ2n) is 6.67. The highest BCUT2D eigenvalue weighted by Crippen LogP contribution is 2.37. The number of urea groups is 1. The van der Waals surface area contributed by atoms with Gasteiger partial charge in [0.05, 0.1) is 12.1 Å². The Balaban J connectivity index is 1.68. The highest BCUT2D eigenvalue weighted by molar-refractivity contribution is 8.00. The van der Waals surface area contributed by atoms with Gasteiger partial charge < -0.3 is 15.3 Å². The van der Waals surface area contributed by atoms with Crippen molar-refractivity contribution in [3.05, 3.63) is 35.6 Å². The molecule has 0 saturated carbocycles. The van der Waals surface area contributed by atoms with E-state index in [2.05, 4.69) is 12.2 Å². The molecule has 2 amide bonds. The number of likely N-dealkylation sites (tertiary alicyclic amines) is 1. The lowest BCUT2D eigenvalue weighted by Crippen LogP contribution is -2.45. The fraction of sp³-hybridized carbons (Fsp3) is 0.588. The molecule has 6 heteroatoms. The van der Waals surface area contributed by atoms with Crippen LogP contribution in [0.4, 0.5) is 9.18 Å². The number of nitrogens with one attached hydrogen (secondary N) is 1. The summed E-state index contributed by atoms with van der Waals surface area (Å²) in [6, 6.07) is 5.82. The lowest BCUT2D eigenvalue weighted by molar-refractivity contribution is 0.169. The van der Waals surface area contributed by atoms with Crippen LogP contribution in [0.5, 0.6) is 0 Å². The number of carbonyl (C=O) groups is 1. The number of thioether (sulfide) groups is 1. The fourth-order valence-corrected chi connectivity index (χ4v) is 4.65. The molecule has 1 aromatic rings. The Morgan fingerprint density at radius 3 is 3.09 bits per heavy atom. The van der Waals surface area contributed by atoms with Gasteiger partial charge in [-0.3, -0.25) is 0 Å². The number of hydrogen-bond acceptors (Lipinski definition) is 3. The number of benzene rings is 1. The summed E-state index contributed by atoms with van der Waals surface area (Å²) in [4.78, 5) is 14.2. The fourth-order valence-electron chi connectivity index (χ4n) is 3.41. The Hall–Kier alpha value is -1.27. The minimum atomic E-state index is -0.564. The second-order valence-corrected chi connectivity index (χ2v) is 8.36. The molecule has 2 saturated heterocycles. The van der Waals surface area contributed by atoms with Gasteiger partial charge in [0.15, 0.2) is 0 Å². The van der Waals surface area contributed by atoms with E-state index >= 15 is 0 Å². The van der Waals surface area contributed by atoms with Crippen molar-refractivity contribution in [3.63, 3.8) is 0 Å². The largest absolute Gasteiger partial charge is 0.391 e. The minimum absolute atomic E-state index is 0.0996. The number of aliphatic hydroxyl groups excluding tert-OH is 1. The van der Waals surface area contributed by atoms with Crippen LogP contribution in [-0.2, 0) is 0 Å². The third kappa shape index (κ3) is 3.80. The van der Waals surface area contributed by atoms with E-state index in [0.29, 0.717) is 13.0 Å². The average Bonchev–Trinajstić information content (AvgIpc) is 3.12. The van der Waals surface area contributed by atoms with Crippen LogP contribution < -0.4 is 5.32 Å². The molecule has 0 radical (unpaired) electrons. The predicted molar refractivity (Wildman–Crippen MR) is 90.0 cm³/mol. The highest BCUT2D eigenvalue weighted by atomic mass is 32.2. The van der Waals surface area contributed by atoms with Gasteiger partial charge in [-0.15, -0.1) is 0 Å². The van der Waals surface area contributed by atoms with Crippen molar-refractivity contribution in [1.29, 1.82) is 0 Å². The zero-order chi connectivity index (χ0) is 16.4. The molecular weight excluding hydrogens is 315 g/mol. The van der Waals surface area contributed by atoms with Crippen LogP contribution >= 0.6 is 11.8 Å². The first-order valence-electron chi connectivity index (χ1n) is 8.09. The molecule has 2 N–H and O–H groups in total. The van der Waals surface area contributed by atoms with Gasteiger partial charge in [-0.05, 0) is 49.6 Å². The van der Waals surface area contributed by atoms with Gasteiger partial charge in [0.2, 0.25) is 0 Å². The third-order valence-electron chi connectivity index (χ3n) is 4.69. The standard InChI is InChI=1S/C17H23FN2O2S/c1-17(6-3-7-23-17)11-19-16(22)20-10-14(21)9-15(20)12-4-2-5-13(18)8-12/h2,4-5,8,14-15,21H,3,6-7,9-11H2,1H3,(H,19,22)/t14-,15-,17-/m1/s1. The Morgan fingerprint density at radius 1 is 1.57 bits per heavy atom. The van der Waals surface area contributed by atoms with Crippen LogP contribution in [0.15, 0.2) is 24.3 Å². The van der Waals surface area contributed by atoms with Crippen molar-refractivity contribution in [2.75, 3.05) is 18.8 Å². The summed E-state index contributed by atoms with van der Waals surface area (Å²) in [5.41, 5.74) is 0.734. The zero-order valence-electron chi connectivity index (χ0n) is 13.3. The van der Waals surface area contributed by atoms with Crippen LogP contribution in [0.3, 0.4) is 0 Å². The number of rotatable bonds is 3. The van der Waals surface area contributed by atoms with Gasteiger partial charge in [0.1, 0.15) is 5.82 Å². The number of β-amino-alcohol motifs (C(OH)–C–C–N with tert-alkyl or cyclic N) is 1. The van der Waals surface area contributed by atoms with Crippen LogP contribution in [0.25, 0.3) is 0 Å². The van der Waals surface area contributed by atoms with Crippen molar-refractivity contribution in [1.82, 2.24) is 10.2 Å². The molecule has 2 aliphatic rings. The van der Waals surface area contributed by atoms with E-state index in [1.54, 1.807) is 17.0 Å². The summed E-state index contributed by atoms with van der Waals surface area (Å²) in [6.07, 6.45) is 2.17.